The molecule has 0 unspecified atom stereocenters. The van der Waals surface area contributed by atoms with Gasteiger partial charge in [0.25, 0.3) is 0 Å². The lowest BCUT2D eigenvalue weighted by Crippen LogP contribution is -2.24. The van der Waals surface area contributed by atoms with Crippen molar-refractivity contribution in [2.75, 3.05) is 0 Å². The van der Waals surface area contributed by atoms with Crippen LogP contribution in [0.15, 0.2) is 91.0 Å². The molecular weight excluding hydrogens is 424 g/mol. The molecule has 0 aromatic heterocycles. The summed E-state index contributed by atoms with van der Waals surface area (Å²) in [6.07, 6.45) is 1.13. The van der Waals surface area contributed by atoms with Crippen molar-refractivity contribution < 1.29 is 4.74 Å². The van der Waals surface area contributed by atoms with E-state index in [0.29, 0.717) is 0 Å². The van der Waals surface area contributed by atoms with E-state index in [4.69, 9.17) is 4.74 Å². The van der Waals surface area contributed by atoms with Gasteiger partial charge in [0.1, 0.15) is 11.5 Å². The topological polar surface area (TPSA) is 9.23 Å². The maximum Gasteiger partial charge on any atom is 0.135 e. The normalized spacial score (nSPS) is 12.8. The Balaban J connectivity index is 1.50. The summed E-state index contributed by atoms with van der Waals surface area (Å²) in [5.74, 6) is 1.79. The zero-order valence-electron chi connectivity index (χ0n) is 21.3. The Morgan fingerprint density at radius 2 is 1.11 bits per heavy atom. The fourth-order valence-electron chi connectivity index (χ4n) is 6.24. The fraction of sp³-hybridized carbons (Fsp3) is 0.235. The van der Waals surface area contributed by atoms with E-state index in [1.165, 1.54) is 48.7 Å². The van der Waals surface area contributed by atoms with Crippen LogP contribution in [0.2, 0.25) is 0 Å². The summed E-state index contributed by atoms with van der Waals surface area (Å²) in [5, 5.41) is 10.1. The van der Waals surface area contributed by atoms with Crippen LogP contribution in [0.4, 0.5) is 0 Å². The van der Waals surface area contributed by atoms with Crippen molar-refractivity contribution in [2.45, 2.75) is 46.5 Å². The Morgan fingerprint density at radius 3 is 1.74 bits per heavy atom. The Bertz CT molecular complexity index is 1680. The minimum atomic E-state index is 0.111. The second-order valence-electron chi connectivity index (χ2n) is 11.8. The molecule has 0 aliphatic heterocycles. The van der Waals surface area contributed by atoms with Crippen molar-refractivity contribution in [3.63, 3.8) is 0 Å². The molecule has 174 valence electrons. The second-order valence-corrected chi connectivity index (χ2v) is 11.8. The molecule has 0 aliphatic carbocycles. The van der Waals surface area contributed by atoms with Crippen molar-refractivity contribution in [1.82, 2.24) is 0 Å². The van der Waals surface area contributed by atoms with Crippen molar-refractivity contribution in [3.8, 4) is 11.5 Å². The van der Waals surface area contributed by atoms with Gasteiger partial charge in [0.2, 0.25) is 0 Å². The Labute approximate surface area is 207 Å². The average Bonchev–Trinajstić information content (AvgIpc) is 2.82. The van der Waals surface area contributed by atoms with Crippen LogP contribution in [0, 0.1) is 5.41 Å². The third kappa shape index (κ3) is 3.71. The van der Waals surface area contributed by atoms with E-state index in [9.17, 15) is 0 Å². The van der Waals surface area contributed by atoms with Crippen LogP contribution in [-0.2, 0) is 5.41 Å². The van der Waals surface area contributed by atoms with Gasteiger partial charge in [-0.2, -0.15) is 0 Å². The summed E-state index contributed by atoms with van der Waals surface area (Å²) < 4.78 is 6.61. The molecule has 0 spiro atoms. The number of rotatable bonds is 4. The molecule has 0 atom stereocenters. The minimum absolute atomic E-state index is 0.111. The van der Waals surface area contributed by atoms with Crippen LogP contribution >= 0.6 is 0 Å². The Hall–Kier alpha value is -3.58. The molecule has 0 saturated carbocycles. The smallest absolute Gasteiger partial charge is 0.135 e. The lowest BCUT2D eigenvalue weighted by molar-refractivity contribution is 0.284. The van der Waals surface area contributed by atoms with Crippen molar-refractivity contribution in [3.05, 3.63) is 96.6 Å². The molecular formula is C34H32O. The third-order valence-corrected chi connectivity index (χ3v) is 7.31. The van der Waals surface area contributed by atoms with Crippen LogP contribution in [0.1, 0.15) is 46.6 Å². The van der Waals surface area contributed by atoms with Gasteiger partial charge in [-0.05, 0) is 73.3 Å². The van der Waals surface area contributed by atoms with Gasteiger partial charge in [0, 0.05) is 10.8 Å². The first kappa shape index (κ1) is 21.9. The molecule has 1 nitrogen and oxygen atoms in total. The van der Waals surface area contributed by atoms with Gasteiger partial charge in [0.15, 0.2) is 0 Å². The molecule has 0 heterocycles. The Kier molecular flexibility index (Phi) is 4.83. The summed E-state index contributed by atoms with van der Waals surface area (Å²) >= 11 is 0. The van der Waals surface area contributed by atoms with E-state index in [1.807, 2.05) is 0 Å². The highest BCUT2D eigenvalue weighted by Crippen LogP contribution is 2.45. The highest BCUT2D eigenvalue weighted by molar-refractivity contribution is 6.34. The van der Waals surface area contributed by atoms with Gasteiger partial charge in [-0.25, -0.2) is 0 Å². The molecule has 6 rings (SSSR count). The largest absolute Gasteiger partial charge is 0.457 e. The highest BCUT2D eigenvalue weighted by Gasteiger charge is 2.27. The maximum atomic E-state index is 6.61. The summed E-state index contributed by atoms with van der Waals surface area (Å²) in [7, 11) is 0. The van der Waals surface area contributed by atoms with Gasteiger partial charge in [-0.1, -0.05) is 107 Å². The van der Waals surface area contributed by atoms with Crippen LogP contribution in [-0.4, -0.2) is 0 Å². The van der Waals surface area contributed by atoms with Gasteiger partial charge in [-0.3, -0.25) is 0 Å². The number of ether oxygens (including phenoxy) is 1. The van der Waals surface area contributed by atoms with E-state index in [1.54, 1.807) is 0 Å². The standard InChI is InChI=1S/C34H32O/c1-33(2,3)21-34(4,5)24-16-18-25(19-17-24)35-29-20-15-23-11-7-13-27-26-12-6-9-22-10-8-14-28(30(22)26)32(29)31(23)27/h6-20H,21H2,1-5H3. The van der Waals surface area contributed by atoms with Crippen LogP contribution in [0.25, 0.3) is 43.1 Å². The first-order valence-corrected chi connectivity index (χ1v) is 12.6. The zero-order chi connectivity index (χ0) is 24.4. The van der Waals surface area contributed by atoms with Gasteiger partial charge in [0.05, 0.1) is 0 Å². The van der Waals surface area contributed by atoms with Crippen LogP contribution in [0.3, 0.4) is 0 Å². The minimum Gasteiger partial charge on any atom is -0.457 e. The molecule has 0 saturated heterocycles. The predicted octanol–water partition coefficient (Wildman–Crippen LogP) is 10.2. The monoisotopic (exact) mass is 456 g/mol. The Morgan fingerprint density at radius 1 is 0.543 bits per heavy atom. The van der Waals surface area contributed by atoms with E-state index in [-0.39, 0.29) is 10.8 Å². The molecule has 0 bridgehead atoms. The van der Waals surface area contributed by atoms with Gasteiger partial charge < -0.3 is 4.74 Å². The van der Waals surface area contributed by atoms with E-state index < -0.39 is 0 Å². The first-order valence-electron chi connectivity index (χ1n) is 12.6. The van der Waals surface area contributed by atoms with E-state index >= 15 is 0 Å². The lowest BCUT2D eigenvalue weighted by Gasteiger charge is -2.33. The molecule has 0 aliphatic rings. The summed E-state index contributed by atoms with van der Waals surface area (Å²) in [6, 6.07) is 32.8. The highest BCUT2D eigenvalue weighted by atomic mass is 16.5. The fourth-order valence-corrected chi connectivity index (χ4v) is 6.24. The SMILES string of the molecule is CC(C)(C)CC(C)(C)c1ccc(Oc2ccc3cccc4c5cccc6cccc(c2c34)c65)cc1. The van der Waals surface area contributed by atoms with Crippen molar-refractivity contribution >= 4 is 43.1 Å². The van der Waals surface area contributed by atoms with Gasteiger partial charge in [-0.15, -0.1) is 0 Å². The maximum absolute atomic E-state index is 6.61. The lowest BCUT2D eigenvalue weighted by atomic mass is 9.72. The molecule has 35 heavy (non-hydrogen) atoms. The van der Waals surface area contributed by atoms with Crippen LogP contribution < -0.4 is 4.74 Å². The molecule has 6 aromatic carbocycles. The third-order valence-electron chi connectivity index (χ3n) is 7.31. The number of fused-ring (bicyclic) bond motifs is 2. The molecule has 0 amide bonds. The predicted molar refractivity (Wildman–Crippen MR) is 151 cm³/mol. The molecule has 6 aromatic rings. The quantitative estimate of drug-likeness (QED) is 0.189. The molecule has 0 fully saturated rings. The number of benzene rings is 6. The summed E-state index contributed by atoms with van der Waals surface area (Å²) in [6.45, 7) is 11.6. The summed E-state index contributed by atoms with van der Waals surface area (Å²) in [5.41, 5.74) is 1.74. The van der Waals surface area contributed by atoms with Crippen molar-refractivity contribution in [1.29, 1.82) is 0 Å². The first-order chi connectivity index (χ1) is 16.7. The van der Waals surface area contributed by atoms with Gasteiger partial charge >= 0.3 is 0 Å². The zero-order valence-corrected chi connectivity index (χ0v) is 21.3. The second kappa shape index (κ2) is 7.71. The molecule has 0 N–H and O–H groups in total. The molecule has 0 radical (unpaired) electrons. The summed E-state index contributed by atoms with van der Waals surface area (Å²) in [4.78, 5) is 0. The van der Waals surface area contributed by atoms with Crippen LogP contribution in [0.5, 0.6) is 11.5 Å². The van der Waals surface area contributed by atoms with E-state index in [0.717, 1.165) is 17.9 Å². The van der Waals surface area contributed by atoms with Crippen molar-refractivity contribution in [2.24, 2.45) is 5.41 Å². The molecule has 1 heteroatoms. The average molecular weight is 457 g/mol. The number of hydrogen-bond donors (Lipinski definition) is 0. The van der Waals surface area contributed by atoms with E-state index in [2.05, 4.69) is 126 Å². The number of hydrogen-bond acceptors (Lipinski definition) is 1.